The molecule has 0 unspecified atom stereocenters. The number of benzene rings is 2. The number of amides is 1. The minimum absolute atomic E-state index is 0. The second kappa shape index (κ2) is 9.38. The molecule has 0 fully saturated rings. The Balaban J connectivity index is 0.00000312. The van der Waals surface area contributed by atoms with Crippen molar-refractivity contribution >= 4 is 46.1 Å². The SMILES string of the molecule is Cl.NC(=NS(=O)(=O)NCc1ccccc1)NC(=O)c1ccc(Cl)cc1. The van der Waals surface area contributed by atoms with Crippen LogP contribution in [0.25, 0.3) is 0 Å². The van der Waals surface area contributed by atoms with E-state index < -0.39 is 22.1 Å². The predicted molar refractivity (Wildman–Crippen MR) is 100.0 cm³/mol. The van der Waals surface area contributed by atoms with Gasteiger partial charge in [0.15, 0.2) is 0 Å². The Labute approximate surface area is 156 Å². The van der Waals surface area contributed by atoms with Crippen LogP contribution in [0.15, 0.2) is 59.0 Å². The summed E-state index contributed by atoms with van der Waals surface area (Å²) in [6.07, 6.45) is 0. The Bertz CT molecular complexity index is 841. The van der Waals surface area contributed by atoms with Crippen molar-refractivity contribution in [2.45, 2.75) is 6.54 Å². The third-order valence-corrected chi connectivity index (χ3v) is 4.07. The highest BCUT2D eigenvalue weighted by atomic mass is 35.5. The van der Waals surface area contributed by atoms with Crippen molar-refractivity contribution in [1.82, 2.24) is 10.0 Å². The molecule has 2 aromatic carbocycles. The van der Waals surface area contributed by atoms with Crippen LogP contribution in [-0.2, 0) is 16.8 Å². The summed E-state index contributed by atoms with van der Waals surface area (Å²) in [6, 6.07) is 14.9. The lowest BCUT2D eigenvalue weighted by atomic mass is 10.2. The second-order valence-electron chi connectivity index (χ2n) is 4.72. The van der Waals surface area contributed by atoms with Crippen LogP contribution >= 0.6 is 24.0 Å². The van der Waals surface area contributed by atoms with E-state index in [4.69, 9.17) is 17.3 Å². The summed E-state index contributed by atoms with van der Waals surface area (Å²) in [4.78, 5) is 11.9. The molecule has 4 N–H and O–H groups in total. The molecule has 0 saturated heterocycles. The van der Waals surface area contributed by atoms with E-state index in [0.29, 0.717) is 5.02 Å². The molecule has 7 nitrogen and oxygen atoms in total. The number of hydrogen-bond donors (Lipinski definition) is 3. The summed E-state index contributed by atoms with van der Waals surface area (Å²) in [5.41, 5.74) is 6.50. The maximum Gasteiger partial charge on any atom is 0.323 e. The second-order valence-corrected chi connectivity index (χ2v) is 6.58. The first kappa shape index (κ1) is 20.9. The lowest BCUT2D eigenvalue weighted by Crippen LogP contribution is -2.38. The zero-order chi connectivity index (χ0) is 17.6. The molecule has 0 spiro atoms. The molecule has 1 amide bonds. The summed E-state index contributed by atoms with van der Waals surface area (Å²) in [7, 11) is -4.04. The third kappa shape index (κ3) is 7.10. The van der Waals surface area contributed by atoms with Crippen LogP contribution in [0.3, 0.4) is 0 Å². The molecular formula is C15H16Cl2N4O3S. The molecule has 0 atom stereocenters. The summed E-state index contributed by atoms with van der Waals surface area (Å²) in [6.45, 7) is 0.0606. The van der Waals surface area contributed by atoms with Crippen LogP contribution in [-0.4, -0.2) is 20.3 Å². The molecule has 0 aromatic heterocycles. The highest BCUT2D eigenvalue weighted by Crippen LogP contribution is 2.09. The fourth-order valence-corrected chi connectivity index (χ4v) is 2.59. The van der Waals surface area contributed by atoms with Gasteiger partial charge in [0.1, 0.15) is 0 Å². The van der Waals surface area contributed by atoms with Crippen molar-refractivity contribution in [3.8, 4) is 0 Å². The van der Waals surface area contributed by atoms with Crippen molar-refractivity contribution in [3.05, 3.63) is 70.7 Å². The van der Waals surface area contributed by atoms with Crippen molar-refractivity contribution in [2.75, 3.05) is 0 Å². The Morgan fingerprint density at radius 3 is 2.28 bits per heavy atom. The molecule has 0 radical (unpaired) electrons. The molecule has 25 heavy (non-hydrogen) atoms. The van der Waals surface area contributed by atoms with Gasteiger partial charge in [0.25, 0.3) is 5.91 Å². The van der Waals surface area contributed by atoms with Crippen molar-refractivity contribution < 1.29 is 13.2 Å². The highest BCUT2D eigenvalue weighted by Gasteiger charge is 2.12. The minimum Gasteiger partial charge on any atom is -0.369 e. The van der Waals surface area contributed by atoms with Gasteiger partial charge in [-0.1, -0.05) is 41.9 Å². The molecule has 0 aliphatic rings. The van der Waals surface area contributed by atoms with Gasteiger partial charge in [-0.2, -0.15) is 13.1 Å². The number of nitrogens with one attached hydrogen (secondary N) is 2. The molecule has 0 aliphatic carbocycles. The number of rotatable bonds is 5. The number of carbonyl (C=O) groups is 1. The average molecular weight is 403 g/mol. The van der Waals surface area contributed by atoms with E-state index in [1.807, 2.05) is 6.07 Å². The fourth-order valence-electron chi connectivity index (χ4n) is 1.74. The molecule has 2 aromatic rings. The van der Waals surface area contributed by atoms with Gasteiger partial charge >= 0.3 is 10.2 Å². The molecule has 0 bridgehead atoms. The van der Waals surface area contributed by atoms with Gasteiger partial charge < -0.3 is 5.73 Å². The van der Waals surface area contributed by atoms with Gasteiger partial charge in [-0.05, 0) is 29.8 Å². The quantitative estimate of drug-likeness (QED) is 0.522. The third-order valence-electron chi connectivity index (χ3n) is 2.87. The molecule has 0 heterocycles. The number of nitrogens with zero attached hydrogens (tertiary/aromatic N) is 1. The number of carbonyl (C=O) groups excluding carboxylic acids is 1. The van der Waals surface area contributed by atoms with Gasteiger partial charge in [0, 0.05) is 17.1 Å². The molecule has 134 valence electrons. The van der Waals surface area contributed by atoms with Gasteiger partial charge in [-0.15, -0.1) is 16.8 Å². The number of hydrogen-bond acceptors (Lipinski definition) is 3. The summed E-state index contributed by atoms with van der Waals surface area (Å²) >= 11 is 5.73. The Kier molecular flexibility index (Phi) is 7.85. The van der Waals surface area contributed by atoms with Crippen LogP contribution in [0.5, 0.6) is 0 Å². The zero-order valence-electron chi connectivity index (χ0n) is 12.8. The first-order valence-corrected chi connectivity index (χ1v) is 8.63. The van der Waals surface area contributed by atoms with Crippen molar-refractivity contribution in [3.63, 3.8) is 0 Å². The number of halogens is 2. The molecule has 2 rings (SSSR count). The van der Waals surface area contributed by atoms with Crippen LogP contribution in [0.1, 0.15) is 15.9 Å². The van der Waals surface area contributed by atoms with Gasteiger partial charge in [-0.3, -0.25) is 10.1 Å². The summed E-state index contributed by atoms with van der Waals surface area (Å²) in [5.74, 6) is -1.12. The fraction of sp³-hybridized carbons (Fsp3) is 0.0667. The van der Waals surface area contributed by atoms with Gasteiger partial charge in [-0.25, -0.2) is 0 Å². The lowest BCUT2D eigenvalue weighted by Gasteiger charge is -2.06. The zero-order valence-corrected chi connectivity index (χ0v) is 15.2. The van der Waals surface area contributed by atoms with E-state index in [1.54, 1.807) is 24.3 Å². The molecule has 0 aliphatic heterocycles. The minimum atomic E-state index is -4.04. The Morgan fingerprint density at radius 1 is 1.08 bits per heavy atom. The highest BCUT2D eigenvalue weighted by molar-refractivity contribution is 7.88. The number of guanidine groups is 1. The maximum absolute atomic E-state index is 11.9. The summed E-state index contributed by atoms with van der Waals surface area (Å²) in [5, 5.41) is 2.67. The maximum atomic E-state index is 11.9. The van der Waals surface area contributed by atoms with Crippen LogP contribution in [0, 0.1) is 0 Å². The van der Waals surface area contributed by atoms with E-state index in [9.17, 15) is 13.2 Å². The van der Waals surface area contributed by atoms with E-state index in [2.05, 4.69) is 14.4 Å². The molecule has 10 heteroatoms. The lowest BCUT2D eigenvalue weighted by molar-refractivity contribution is 0.0977. The first-order valence-electron chi connectivity index (χ1n) is 6.81. The van der Waals surface area contributed by atoms with Gasteiger partial charge in [0.2, 0.25) is 5.96 Å². The Morgan fingerprint density at radius 2 is 1.68 bits per heavy atom. The smallest absolute Gasteiger partial charge is 0.323 e. The van der Waals surface area contributed by atoms with Crippen molar-refractivity contribution in [1.29, 1.82) is 0 Å². The number of nitrogens with two attached hydrogens (primary N) is 1. The average Bonchev–Trinajstić information content (AvgIpc) is 2.54. The Hall–Kier alpha value is -2.13. The summed E-state index contributed by atoms with van der Waals surface area (Å²) < 4.78 is 29.2. The van der Waals surface area contributed by atoms with E-state index in [1.165, 1.54) is 24.3 Å². The predicted octanol–water partition coefficient (Wildman–Crippen LogP) is 1.84. The topological polar surface area (TPSA) is 114 Å². The van der Waals surface area contributed by atoms with Crippen LogP contribution in [0.4, 0.5) is 0 Å². The van der Waals surface area contributed by atoms with E-state index >= 15 is 0 Å². The van der Waals surface area contributed by atoms with Gasteiger partial charge in [0.05, 0.1) is 0 Å². The van der Waals surface area contributed by atoms with Crippen LogP contribution in [0.2, 0.25) is 5.02 Å². The molecule has 0 saturated carbocycles. The molecular weight excluding hydrogens is 387 g/mol. The van der Waals surface area contributed by atoms with Crippen LogP contribution < -0.4 is 15.8 Å². The van der Waals surface area contributed by atoms with E-state index in [0.717, 1.165) is 5.56 Å². The standard InChI is InChI=1S/C15H15ClN4O3S.ClH/c16-13-8-6-12(7-9-13)14(21)19-15(17)20-24(22,23)18-10-11-4-2-1-3-5-11;/h1-9,18H,10H2,(H3,17,19,20,21);1H. The normalized spacial score (nSPS) is 11.5. The van der Waals surface area contributed by atoms with E-state index in [-0.39, 0.29) is 24.5 Å². The first-order chi connectivity index (χ1) is 11.4. The monoisotopic (exact) mass is 402 g/mol. The largest absolute Gasteiger partial charge is 0.369 e. The van der Waals surface area contributed by atoms with Crippen molar-refractivity contribution in [2.24, 2.45) is 10.1 Å².